The molecule has 3 rings (SSSR count). The predicted octanol–water partition coefficient (Wildman–Crippen LogP) is 9.84. The molecule has 0 atom stereocenters. The van der Waals surface area contributed by atoms with E-state index in [1.54, 1.807) is 30.3 Å². The van der Waals surface area contributed by atoms with Crippen LogP contribution in [0.15, 0.2) is 42.5 Å². The van der Waals surface area contributed by atoms with Gasteiger partial charge in [0.15, 0.2) is 0 Å². The van der Waals surface area contributed by atoms with Crippen LogP contribution in [0.25, 0.3) is 0 Å². The molecule has 0 aromatic heterocycles. The van der Waals surface area contributed by atoms with Gasteiger partial charge in [-0.2, -0.15) is 5.26 Å². The summed E-state index contributed by atoms with van der Waals surface area (Å²) in [5.74, 6) is 2.33. The van der Waals surface area contributed by atoms with Crippen LogP contribution in [0.4, 0.5) is 0 Å². The number of hydrogen-bond acceptors (Lipinski definition) is 4. The van der Waals surface area contributed by atoms with Gasteiger partial charge in [-0.15, -0.1) is 0 Å². The molecule has 212 valence electrons. The summed E-state index contributed by atoms with van der Waals surface area (Å²) in [6, 6.07) is 14.9. The Morgan fingerprint density at radius 2 is 1.46 bits per heavy atom. The summed E-state index contributed by atoms with van der Waals surface area (Å²) >= 11 is 0. The van der Waals surface area contributed by atoms with Gasteiger partial charge in [-0.25, -0.2) is 4.79 Å². The van der Waals surface area contributed by atoms with Crippen molar-refractivity contribution in [3.63, 3.8) is 0 Å². The van der Waals surface area contributed by atoms with Crippen molar-refractivity contribution in [2.45, 2.75) is 117 Å². The van der Waals surface area contributed by atoms with E-state index in [4.69, 9.17) is 9.47 Å². The molecule has 0 bridgehead atoms. The summed E-state index contributed by atoms with van der Waals surface area (Å²) in [5, 5.41) is 9.71. The molecule has 1 fully saturated rings. The van der Waals surface area contributed by atoms with Crippen molar-refractivity contribution in [1.82, 2.24) is 0 Å². The summed E-state index contributed by atoms with van der Waals surface area (Å²) < 4.78 is 11.4. The van der Waals surface area contributed by atoms with Gasteiger partial charge in [0.05, 0.1) is 17.7 Å². The number of ether oxygens (including phenoxy) is 2. The molecule has 1 aliphatic carbocycles. The highest BCUT2D eigenvalue weighted by Gasteiger charge is 2.21. The maximum absolute atomic E-state index is 12.7. The molecule has 4 nitrogen and oxygen atoms in total. The first kappa shape index (κ1) is 30.7. The second-order valence-electron chi connectivity index (χ2n) is 11.4. The average molecular weight is 532 g/mol. The van der Waals surface area contributed by atoms with Gasteiger partial charge in [-0.1, -0.05) is 103 Å². The van der Waals surface area contributed by atoms with Gasteiger partial charge in [0.2, 0.25) is 0 Å². The van der Waals surface area contributed by atoms with Crippen molar-refractivity contribution >= 4 is 5.97 Å². The largest absolute Gasteiger partial charge is 0.494 e. The third-order valence-electron chi connectivity index (χ3n) is 8.25. The summed E-state index contributed by atoms with van der Waals surface area (Å²) in [7, 11) is 0. The standard InChI is InChI=1S/C35H49NO3/c1-3-5-7-9-10-12-28-13-15-29(16-14-28)17-18-30-19-24-34(32(26-30)27-36)39-35(37)31-20-22-33(23-21-31)38-25-11-8-6-4-2/h19-24,26,28-29H,3-18,25H2,1-2H3/t28-,29-. The van der Waals surface area contributed by atoms with Gasteiger partial charge in [-0.3, -0.25) is 0 Å². The molecule has 39 heavy (non-hydrogen) atoms. The second kappa shape index (κ2) is 17.7. The number of esters is 1. The maximum Gasteiger partial charge on any atom is 0.343 e. The SMILES string of the molecule is CCCCCCC[C@H]1CC[C@H](CCc2ccc(OC(=O)c3ccc(OCCCCCC)cc3)c(C#N)c2)CC1. The lowest BCUT2D eigenvalue weighted by Crippen LogP contribution is -2.15. The van der Waals surface area contributed by atoms with Crippen LogP contribution in [-0.2, 0) is 6.42 Å². The number of benzene rings is 2. The lowest BCUT2D eigenvalue weighted by atomic mass is 9.77. The van der Waals surface area contributed by atoms with Gasteiger partial charge in [0.25, 0.3) is 0 Å². The third-order valence-corrected chi connectivity index (χ3v) is 8.25. The van der Waals surface area contributed by atoms with Crippen LogP contribution in [0.2, 0.25) is 0 Å². The lowest BCUT2D eigenvalue weighted by molar-refractivity contribution is 0.0734. The number of nitriles is 1. The number of carbonyl (C=O) groups excluding carboxylic acids is 1. The van der Waals surface area contributed by atoms with E-state index >= 15 is 0 Å². The zero-order chi connectivity index (χ0) is 27.7. The third kappa shape index (κ3) is 11.1. The van der Waals surface area contributed by atoms with Crippen LogP contribution in [0.3, 0.4) is 0 Å². The number of nitrogens with zero attached hydrogens (tertiary/aromatic N) is 1. The van der Waals surface area contributed by atoms with E-state index in [0.29, 0.717) is 23.5 Å². The van der Waals surface area contributed by atoms with Gasteiger partial charge >= 0.3 is 5.97 Å². The maximum atomic E-state index is 12.7. The van der Waals surface area contributed by atoms with E-state index in [9.17, 15) is 10.1 Å². The summed E-state index contributed by atoms with van der Waals surface area (Å²) in [6.07, 6.45) is 20.5. The number of aryl methyl sites for hydroxylation is 1. The Kier molecular flexibility index (Phi) is 14.0. The Morgan fingerprint density at radius 1 is 0.821 bits per heavy atom. The number of unbranched alkanes of at least 4 members (excludes halogenated alkanes) is 7. The van der Waals surface area contributed by atoms with Crippen molar-refractivity contribution < 1.29 is 14.3 Å². The first-order chi connectivity index (χ1) is 19.1. The number of hydrogen-bond donors (Lipinski definition) is 0. The Balaban J connectivity index is 1.41. The Bertz CT molecular complexity index is 1020. The fourth-order valence-corrected chi connectivity index (χ4v) is 5.69. The van der Waals surface area contributed by atoms with E-state index in [0.717, 1.165) is 36.0 Å². The highest BCUT2D eigenvalue weighted by atomic mass is 16.5. The normalized spacial score (nSPS) is 16.9. The lowest BCUT2D eigenvalue weighted by Gasteiger charge is -2.28. The van der Waals surface area contributed by atoms with Gasteiger partial charge < -0.3 is 9.47 Å². The van der Waals surface area contributed by atoms with E-state index < -0.39 is 5.97 Å². The van der Waals surface area contributed by atoms with Crippen LogP contribution in [0.1, 0.15) is 132 Å². The van der Waals surface area contributed by atoms with E-state index in [-0.39, 0.29) is 0 Å². The molecule has 1 aliphatic rings. The molecular weight excluding hydrogens is 482 g/mol. The van der Waals surface area contributed by atoms with Crippen molar-refractivity contribution in [2.75, 3.05) is 6.61 Å². The smallest absolute Gasteiger partial charge is 0.343 e. The van der Waals surface area contributed by atoms with E-state index in [2.05, 4.69) is 19.9 Å². The second-order valence-corrected chi connectivity index (χ2v) is 11.4. The van der Waals surface area contributed by atoms with Crippen LogP contribution in [0.5, 0.6) is 11.5 Å². The Labute approximate surface area is 237 Å². The topological polar surface area (TPSA) is 59.3 Å². The van der Waals surface area contributed by atoms with Crippen LogP contribution in [0, 0.1) is 23.2 Å². The zero-order valence-electron chi connectivity index (χ0n) is 24.4. The molecular formula is C35H49NO3. The van der Waals surface area contributed by atoms with Crippen LogP contribution >= 0.6 is 0 Å². The molecule has 0 heterocycles. The van der Waals surface area contributed by atoms with Gasteiger partial charge in [0, 0.05) is 0 Å². The quantitative estimate of drug-likeness (QED) is 0.116. The monoisotopic (exact) mass is 531 g/mol. The van der Waals surface area contributed by atoms with Crippen molar-refractivity contribution in [1.29, 1.82) is 5.26 Å². The minimum absolute atomic E-state index is 0.321. The molecule has 0 spiro atoms. The zero-order valence-corrected chi connectivity index (χ0v) is 24.4. The minimum Gasteiger partial charge on any atom is -0.494 e. The van der Waals surface area contributed by atoms with Crippen LogP contribution < -0.4 is 9.47 Å². The molecule has 0 N–H and O–H groups in total. The molecule has 0 unspecified atom stereocenters. The predicted molar refractivity (Wildman–Crippen MR) is 159 cm³/mol. The van der Waals surface area contributed by atoms with E-state index in [1.165, 1.54) is 89.9 Å². The molecule has 2 aromatic rings. The summed E-state index contributed by atoms with van der Waals surface area (Å²) in [6.45, 7) is 5.15. The minimum atomic E-state index is -0.462. The van der Waals surface area contributed by atoms with Gasteiger partial charge in [-0.05, 0) is 73.1 Å². The fraction of sp³-hybridized carbons (Fsp3) is 0.600. The van der Waals surface area contributed by atoms with Gasteiger partial charge in [0.1, 0.15) is 17.6 Å². The van der Waals surface area contributed by atoms with E-state index in [1.807, 2.05) is 12.1 Å². The van der Waals surface area contributed by atoms with Crippen LogP contribution in [-0.4, -0.2) is 12.6 Å². The molecule has 0 saturated heterocycles. The number of carbonyl (C=O) groups is 1. The highest BCUT2D eigenvalue weighted by molar-refractivity contribution is 5.91. The first-order valence-corrected chi connectivity index (χ1v) is 15.6. The molecule has 0 radical (unpaired) electrons. The molecule has 0 amide bonds. The highest BCUT2D eigenvalue weighted by Crippen LogP contribution is 2.34. The number of rotatable bonds is 17. The molecule has 1 saturated carbocycles. The Morgan fingerprint density at radius 3 is 2.13 bits per heavy atom. The van der Waals surface area contributed by atoms with Crippen molar-refractivity contribution in [2.24, 2.45) is 11.8 Å². The van der Waals surface area contributed by atoms with Crippen molar-refractivity contribution in [3.8, 4) is 17.6 Å². The molecule has 4 heteroatoms. The first-order valence-electron chi connectivity index (χ1n) is 15.6. The molecule has 2 aromatic carbocycles. The average Bonchev–Trinajstić information content (AvgIpc) is 2.97. The Hall–Kier alpha value is -2.80. The summed E-state index contributed by atoms with van der Waals surface area (Å²) in [4.78, 5) is 12.7. The van der Waals surface area contributed by atoms with Crippen molar-refractivity contribution in [3.05, 3.63) is 59.2 Å². The molecule has 0 aliphatic heterocycles. The summed E-state index contributed by atoms with van der Waals surface area (Å²) in [5.41, 5.74) is 2.00. The fourth-order valence-electron chi connectivity index (χ4n) is 5.69.